The van der Waals surface area contributed by atoms with Crippen LogP contribution in [0.5, 0.6) is 0 Å². The third-order valence-corrected chi connectivity index (χ3v) is 5.14. The number of aromatic nitrogens is 1. The zero-order valence-corrected chi connectivity index (χ0v) is 16.5. The number of hydrogen-bond donors (Lipinski definition) is 2. The van der Waals surface area contributed by atoms with Crippen LogP contribution in [0.3, 0.4) is 0 Å². The van der Waals surface area contributed by atoms with Crippen LogP contribution in [-0.2, 0) is 6.54 Å². The van der Waals surface area contributed by atoms with Gasteiger partial charge in [-0.25, -0.2) is 0 Å². The molecule has 28 heavy (non-hydrogen) atoms. The van der Waals surface area contributed by atoms with Crippen LogP contribution in [-0.4, -0.2) is 23.3 Å². The summed E-state index contributed by atoms with van der Waals surface area (Å²) in [4.78, 5) is 28.8. The molecule has 1 aliphatic carbocycles. The molecule has 1 aromatic carbocycles. The number of nitrogens with zero attached hydrogens (tertiary/aromatic N) is 1. The Kier molecular flexibility index (Phi) is 7.20. The molecular weight excluding hydrogens is 374 g/mol. The second kappa shape index (κ2) is 10.0. The summed E-state index contributed by atoms with van der Waals surface area (Å²) >= 11 is 6.10. The van der Waals surface area contributed by atoms with E-state index in [1.54, 1.807) is 12.1 Å². The number of allylic oxidation sites excluding steroid dienone is 1. The van der Waals surface area contributed by atoms with Crippen LogP contribution in [0.2, 0.25) is 5.02 Å². The molecule has 0 bridgehead atoms. The van der Waals surface area contributed by atoms with Gasteiger partial charge in [0.15, 0.2) is 0 Å². The number of halogens is 1. The van der Waals surface area contributed by atoms with Gasteiger partial charge in [0.1, 0.15) is 5.69 Å². The maximum Gasteiger partial charge on any atom is 0.270 e. The van der Waals surface area contributed by atoms with E-state index < -0.39 is 0 Å². The summed E-state index contributed by atoms with van der Waals surface area (Å²) in [5.74, 6) is -0.541. The van der Waals surface area contributed by atoms with Crippen LogP contribution in [0.1, 0.15) is 58.5 Å². The Morgan fingerprint density at radius 2 is 1.93 bits per heavy atom. The van der Waals surface area contributed by atoms with E-state index in [4.69, 9.17) is 11.6 Å². The molecule has 0 unspecified atom stereocenters. The van der Waals surface area contributed by atoms with Crippen molar-refractivity contribution >= 4 is 23.4 Å². The minimum absolute atomic E-state index is 0.195. The summed E-state index contributed by atoms with van der Waals surface area (Å²) in [5.41, 5.74) is 2.87. The monoisotopic (exact) mass is 397 g/mol. The highest BCUT2D eigenvalue weighted by Crippen LogP contribution is 2.19. The number of pyridine rings is 1. The molecule has 0 spiro atoms. The van der Waals surface area contributed by atoms with Crippen molar-refractivity contribution < 1.29 is 9.59 Å². The number of nitrogens with one attached hydrogen (secondary N) is 2. The molecule has 0 aliphatic heterocycles. The van der Waals surface area contributed by atoms with E-state index in [2.05, 4.69) is 21.7 Å². The molecule has 0 fully saturated rings. The molecule has 0 saturated heterocycles. The average molecular weight is 398 g/mol. The number of carbonyl (C=O) groups is 2. The molecule has 1 heterocycles. The summed E-state index contributed by atoms with van der Waals surface area (Å²) < 4.78 is 0. The SMILES string of the molecule is O=C(NCCC1=CCCCC1)c1ccnc(C(=O)NCc2ccccc2Cl)c1. The lowest BCUT2D eigenvalue weighted by Gasteiger charge is -2.13. The normalized spacial score (nSPS) is 13.5. The van der Waals surface area contributed by atoms with Crippen LogP contribution in [0.4, 0.5) is 0 Å². The van der Waals surface area contributed by atoms with Crippen molar-refractivity contribution in [3.63, 3.8) is 0 Å². The first kappa shape index (κ1) is 20.1. The number of hydrogen-bond acceptors (Lipinski definition) is 3. The van der Waals surface area contributed by atoms with Gasteiger partial charge >= 0.3 is 0 Å². The second-order valence-corrected chi connectivity index (χ2v) is 7.23. The number of carbonyl (C=O) groups excluding carboxylic acids is 2. The van der Waals surface area contributed by atoms with Crippen LogP contribution in [0.25, 0.3) is 0 Å². The first-order chi connectivity index (χ1) is 13.6. The highest BCUT2D eigenvalue weighted by molar-refractivity contribution is 6.31. The minimum Gasteiger partial charge on any atom is -0.352 e. The van der Waals surface area contributed by atoms with Crippen LogP contribution in [0, 0.1) is 0 Å². The predicted molar refractivity (Wildman–Crippen MR) is 110 cm³/mol. The predicted octanol–water partition coefficient (Wildman–Crippen LogP) is 4.29. The quantitative estimate of drug-likeness (QED) is 0.685. The Balaban J connectivity index is 1.53. The van der Waals surface area contributed by atoms with E-state index in [-0.39, 0.29) is 17.5 Å². The number of amides is 2. The molecule has 3 rings (SSSR count). The van der Waals surface area contributed by atoms with E-state index in [0.29, 0.717) is 23.7 Å². The van der Waals surface area contributed by atoms with E-state index in [1.807, 2.05) is 18.2 Å². The van der Waals surface area contributed by atoms with E-state index in [9.17, 15) is 9.59 Å². The topological polar surface area (TPSA) is 71.1 Å². The smallest absolute Gasteiger partial charge is 0.270 e. The van der Waals surface area contributed by atoms with Gasteiger partial charge in [-0.2, -0.15) is 0 Å². The van der Waals surface area contributed by atoms with Gasteiger partial charge in [-0.1, -0.05) is 41.4 Å². The lowest BCUT2D eigenvalue weighted by atomic mass is 9.97. The van der Waals surface area contributed by atoms with E-state index in [0.717, 1.165) is 24.8 Å². The minimum atomic E-state index is -0.345. The van der Waals surface area contributed by atoms with Gasteiger partial charge in [0.2, 0.25) is 0 Å². The van der Waals surface area contributed by atoms with Crippen LogP contribution >= 0.6 is 11.6 Å². The molecule has 0 radical (unpaired) electrons. The zero-order valence-electron chi connectivity index (χ0n) is 15.7. The van der Waals surface area contributed by atoms with Gasteiger partial charge in [0.05, 0.1) is 0 Å². The Labute approximate surface area is 170 Å². The average Bonchev–Trinajstić information content (AvgIpc) is 2.74. The Bertz CT molecular complexity index is 880. The van der Waals surface area contributed by atoms with Crippen molar-refractivity contribution in [3.8, 4) is 0 Å². The fourth-order valence-corrected chi connectivity index (χ4v) is 3.38. The molecular formula is C22H24ClN3O2. The molecule has 0 saturated carbocycles. The van der Waals surface area contributed by atoms with Crippen LogP contribution < -0.4 is 10.6 Å². The maximum absolute atomic E-state index is 12.4. The van der Waals surface area contributed by atoms with Crippen molar-refractivity contribution in [1.29, 1.82) is 0 Å². The zero-order chi connectivity index (χ0) is 19.8. The van der Waals surface area contributed by atoms with Gasteiger partial charge in [-0.3, -0.25) is 14.6 Å². The van der Waals surface area contributed by atoms with E-state index >= 15 is 0 Å². The summed E-state index contributed by atoms with van der Waals surface area (Å²) in [6.45, 7) is 0.896. The molecule has 1 aromatic heterocycles. The molecule has 1 aliphatic rings. The van der Waals surface area contributed by atoms with Gasteiger partial charge in [0.25, 0.3) is 11.8 Å². The third kappa shape index (κ3) is 5.67. The molecule has 2 amide bonds. The molecule has 2 N–H and O–H groups in total. The fourth-order valence-electron chi connectivity index (χ4n) is 3.17. The molecule has 146 valence electrons. The van der Waals surface area contributed by atoms with Gasteiger partial charge in [0, 0.05) is 29.9 Å². The van der Waals surface area contributed by atoms with Crippen LogP contribution in [0.15, 0.2) is 54.2 Å². The largest absolute Gasteiger partial charge is 0.352 e. The molecule has 5 nitrogen and oxygen atoms in total. The number of rotatable bonds is 7. The summed E-state index contributed by atoms with van der Waals surface area (Å²) in [6.07, 6.45) is 9.39. The second-order valence-electron chi connectivity index (χ2n) is 6.82. The number of benzene rings is 1. The van der Waals surface area contributed by atoms with Gasteiger partial charge in [-0.15, -0.1) is 0 Å². The Morgan fingerprint density at radius 1 is 1.07 bits per heavy atom. The highest BCUT2D eigenvalue weighted by Gasteiger charge is 2.12. The van der Waals surface area contributed by atoms with Crippen molar-refractivity contribution in [2.24, 2.45) is 0 Å². The molecule has 0 atom stereocenters. The summed E-state index contributed by atoms with van der Waals surface area (Å²) in [7, 11) is 0. The maximum atomic E-state index is 12.4. The standard InChI is InChI=1S/C22H24ClN3O2/c23-19-9-5-4-8-18(19)15-26-22(28)20-14-17(11-13-24-20)21(27)25-12-10-16-6-2-1-3-7-16/h4-6,8-9,11,13-14H,1-3,7,10,12,15H2,(H,25,27)(H,26,28). The first-order valence-corrected chi connectivity index (χ1v) is 9.95. The van der Waals surface area contributed by atoms with Crippen molar-refractivity contribution in [1.82, 2.24) is 15.6 Å². The molecule has 2 aromatic rings. The summed E-state index contributed by atoms with van der Waals surface area (Å²) in [6, 6.07) is 10.4. The van der Waals surface area contributed by atoms with E-state index in [1.165, 1.54) is 30.7 Å². The van der Waals surface area contributed by atoms with Gasteiger partial charge < -0.3 is 10.6 Å². The lowest BCUT2D eigenvalue weighted by Crippen LogP contribution is -2.27. The Hall–Kier alpha value is -2.66. The van der Waals surface area contributed by atoms with Crippen molar-refractivity contribution in [3.05, 3.63) is 76.1 Å². The first-order valence-electron chi connectivity index (χ1n) is 9.57. The Morgan fingerprint density at radius 3 is 2.71 bits per heavy atom. The van der Waals surface area contributed by atoms with Crippen molar-refractivity contribution in [2.75, 3.05) is 6.54 Å². The third-order valence-electron chi connectivity index (χ3n) is 4.77. The summed E-state index contributed by atoms with van der Waals surface area (Å²) in [5, 5.41) is 6.30. The van der Waals surface area contributed by atoms with Gasteiger partial charge in [-0.05, 0) is 55.9 Å². The molecule has 6 heteroatoms. The lowest BCUT2D eigenvalue weighted by molar-refractivity contribution is 0.0946. The fraction of sp³-hybridized carbons (Fsp3) is 0.318. The highest BCUT2D eigenvalue weighted by atomic mass is 35.5. The van der Waals surface area contributed by atoms with Crippen molar-refractivity contribution in [2.45, 2.75) is 38.6 Å².